The van der Waals surface area contributed by atoms with Gasteiger partial charge in [0.25, 0.3) is 5.78 Å². The van der Waals surface area contributed by atoms with Crippen molar-refractivity contribution in [3.63, 3.8) is 0 Å². The van der Waals surface area contributed by atoms with Crippen molar-refractivity contribution in [2.45, 2.75) is 34.1 Å². The normalized spacial score (nSPS) is 15.1. The molecule has 0 spiro atoms. The number of aryl methyl sites for hydroxylation is 2. The second-order valence-corrected chi connectivity index (χ2v) is 7.02. The molecule has 1 aliphatic heterocycles. The zero-order valence-electron chi connectivity index (χ0n) is 16.0. The molecule has 1 aromatic carbocycles. The van der Waals surface area contributed by atoms with Crippen molar-refractivity contribution in [2.75, 3.05) is 36.0 Å². The van der Waals surface area contributed by atoms with Crippen molar-refractivity contribution in [1.82, 2.24) is 19.6 Å². The molecule has 1 saturated heterocycles. The third-order valence-electron chi connectivity index (χ3n) is 5.55. The Kier molecular flexibility index (Phi) is 4.26. The van der Waals surface area contributed by atoms with E-state index in [-0.39, 0.29) is 0 Å². The molecule has 26 heavy (non-hydrogen) atoms. The molecule has 0 amide bonds. The number of rotatable bonds is 3. The maximum atomic E-state index is 4.60. The lowest BCUT2D eigenvalue weighted by atomic mass is 10.1. The Balaban J connectivity index is 1.64. The summed E-state index contributed by atoms with van der Waals surface area (Å²) in [7, 11) is 0. The van der Waals surface area contributed by atoms with Gasteiger partial charge < -0.3 is 9.80 Å². The zero-order valence-corrected chi connectivity index (χ0v) is 16.0. The molecule has 0 bridgehead atoms. The van der Waals surface area contributed by atoms with Crippen LogP contribution >= 0.6 is 0 Å². The maximum absolute atomic E-state index is 4.60. The minimum Gasteiger partial charge on any atom is -0.368 e. The van der Waals surface area contributed by atoms with Gasteiger partial charge >= 0.3 is 0 Å². The van der Waals surface area contributed by atoms with Crippen molar-refractivity contribution in [1.29, 1.82) is 0 Å². The molecule has 0 saturated carbocycles. The summed E-state index contributed by atoms with van der Waals surface area (Å²) in [4.78, 5) is 13.8. The van der Waals surface area contributed by atoms with Gasteiger partial charge in [-0.2, -0.15) is 14.6 Å². The average Bonchev–Trinajstić information content (AvgIpc) is 3.11. The van der Waals surface area contributed by atoms with Crippen LogP contribution in [0.25, 0.3) is 5.78 Å². The minimum absolute atomic E-state index is 0.687. The Morgan fingerprint density at radius 3 is 2.46 bits per heavy atom. The van der Waals surface area contributed by atoms with E-state index in [1.54, 1.807) is 6.33 Å². The first-order chi connectivity index (χ1) is 12.6. The van der Waals surface area contributed by atoms with E-state index in [1.807, 2.05) is 4.52 Å². The topological polar surface area (TPSA) is 49.6 Å². The fourth-order valence-corrected chi connectivity index (χ4v) is 3.94. The van der Waals surface area contributed by atoms with E-state index in [9.17, 15) is 0 Å². The van der Waals surface area contributed by atoms with Gasteiger partial charge in [-0.05, 0) is 44.4 Å². The molecule has 3 aromatic rings. The number of fused-ring (bicyclic) bond motifs is 1. The molecular weight excluding hydrogens is 324 g/mol. The van der Waals surface area contributed by atoms with Crippen LogP contribution in [0.5, 0.6) is 0 Å². The maximum Gasteiger partial charge on any atom is 0.254 e. The van der Waals surface area contributed by atoms with Gasteiger partial charge in [-0.1, -0.05) is 19.1 Å². The number of benzene rings is 1. The van der Waals surface area contributed by atoms with E-state index in [0.717, 1.165) is 44.1 Å². The zero-order chi connectivity index (χ0) is 18.3. The van der Waals surface area contributed by atoms with Crippen LogP contribution in [0, 0.1) is 20.8 Å². The highest BCUT2D eigenvalue weighted by Gasteiger charge is 2.24. The predicted molar refractivity (Wildman–Crippen MR) is 105 cm³/mol. The van der Waals surface area contributed by atoms with E-state index in [4.69, 9.17) is 0 Å². The summed E-state index contributed by atoms with van der Waals surface area (Å²) < 4.78 is 1.90. The van der Waals surface area contributed by atoms with Gasteiger partial charge in [0.2, 0.25) is 0 Å². The van der Waals surface area contributed by atoms with Crippen molar-refractivity contribution < 1.29 is 0 Å². The number of nitrogens with zero attached hydrogens (tertiary/aromatic N) is 6. The standard InChI is InChI=1S/C20H26N6/c1-5-17-16(4)23-20-21-13-22-26(20)19(17)25-11-9-24(10-12-25)18-8-6-7-14(2)15(18)3/h6-8,13H,5,9-12H2,1-4H3. The lowest BCUT2D eigenvalue weighted by molar-refractivity contribution is 0.633. The third kappa shape index (κ3) is 2.69. The lowest BCUT2D eigenvalue weighted by Crippen LogP contribution is -2.47. The molecule has 1 aliphatic rings. The van der Waals surface area contributed by atoms with Crippen LogP contribution < -0.4 is 9.80 Å². The van der Waals surface area contributed by atoms with E-state index in [2.05, 4.69) is 70.8 Å². The smallest absolute Gasteiger partial charge is 0.254 e. The predicted octanol–water partition coefficient (Wildman–Crippen LogP) is 2.94. The lowest BCUT2D eigenvalue weighted by Gasteiger charge is -2.38. The fourth-order valence-electron chi connectivity index (χ4n) is 3.94. The van der Waals surface area contributed by atoms with Gasteiger partial charge in [0.1, 0.15) is 12.1 Å². The van der Waals surface area contributed by atoms with Gasteiger partial charge in [0.15, 0.2) is 0 Å². The Morgan fingerprint density at radius 1 is 1.00 bits per heavy atom. The molecule has 1 fully saturated rings. The molecule has 0 atom stereocenters. The van der Waals surface area contributed by atoms with Crippen molar-refractivity contribution >= 4 is 17.3 Å². The summed E-state index contributed by atoms with van der Waals surface area (Å²) in [6, 6.07) is 6.58. The van der Waals surface area contributed by atoms with Gasteiger partial charge in [-0.3, -0.25) is 0 Å². The first-order valence-corrected chi connectivity index (χ1v) is 9.35. The molecule has 3 heterocycles. The molecule has 0 radical (unpaired) electrons. The SMILES string of the molecule is CCc1c(C)nc2ncnn2c1N1CCN(c2cccc(C)c2C)CC1. The highest BCUT2D eigenvalue weighted by atomic mass is 15.4. The van der Waals surface area contributed by atoms with Crippen LogP contribution in [-0.2, 0) is 6.42 Å². The Hall–Kier alpha value is -2.63. The Bertz CT molecular complexity index is 937. The van der Waals surface area contributed by atoms with E-state index < -0.39 is 0 Å². The molecule has 6 heteroatoms. The number of aromatic nitrogens is 4. The van der Waals surface area contributed by atoms with Crippen LogP contribution in [0.3, 0.4) is 0 Å². The van der Waals surface area contributed by atoms with Gasteiger partial charge in [0, 0.05) is 43.1 Å². The molecule has 6 nitrogen and oxygen atoms in total. The molecule has 0 N–H and O–H groups in total. The molecule has 0 unspecified atom stereocenters. The summed E-state index contributed by atoms with van der Waals surface area (Å²) in [5.74, 6) is 1.85. The number of hydrogen-bond donors (Lipinski definition) is 0. The van der Waals surface area contributed by atoms with E-state index in [0.29, 0.717) is 5.78 Å². The Morgan fingerprint density at radius 2 is 1.73 bits per heavy atom. The fraction of sp³-hybridized carbons (Fsp3) is 0.450. The van der Waals surface area contributed by atoms with Crippen LogP contribution in [0.15, 0.2) is 24.5 Å². The minimum atomic E-state index is 0.687. The van der Waals surface area contributed by atoms with Crippen LogP contribution in [0.2, 0.25) is 0 Å². The van der Waals surface area contributed by atoms with Crippen molar-refractivity contribution in [3.8, 4) is 0 Å². The second-order valence-electron chi connectivity index (χ2n) is 7.02. The van der Waals surface area contributed by atoms with Gasteiger partial charge in [0.05, 0.1) is 0 Å². The molecule has 0 aliphatic carbocycles. The summed E-state index contributed by atoms with van der Waals surface area (Å²) >= 11 is 0. The van der Waals surface area contributed by atoms with Gasteiger partial charge in [-0.15, -0.1) is 0 Å². The Labute approximate surface area is 154 Å². The first-order valence-electron chi connectivity index (χ1n) is 9.35. The largest absolute Gasteiger partial charge is 0.368 e. The number of anilines is 2. The van der Waals surface area contributed by atoms with Crippen LogP contribution in [0.4, 0.5) is 11.5 Å². The van der Waals surface area contributed by atoms with Crippen LogP contribution in [-0.4, -0.2) is 45.8 Å². The average molecular weight is 350 g/mol. The quantitative estimate of drug-likeness (QED) is 0.727. The second kappa shape index (κ2) is 6.59. The number of hydrogen-bond acceptors (Lipinski definition) is 5. The summed E-state index contributed by atoms with van der Waals surface area (Å²) in [6.45, 7) is 12.6. The highest BCUT2D eigenvalue weighted by molar-refractivity contribution is 5.59. The van der Waals surface area contributed by atoms with E-state index in [1.165, 1.54) is 22.4 Å². The molecular formula is C20H26N6. The monoisotopic (exact) mass is 350 g/mol. The van der Waals surface area contributed by atoms with Crippen molar-refractivity contribution in [2.24, 2.45) is 0 Å². The molecule has 2 aromatic heterocycles. The van der Waals surface area contributed by atoms with Crippen molar-refractivity contribution in [3.05, 3.63) is 46.9 Å². The molecule has 4 rings (SSSR count). The highest BCUT2D eigenvalue weighted by Crippen LogP contribution is 2.28. The first kappa shape index (κ1) is 16.8. The summed E-state index contributed by atoms with van der Waals surface area (Å²) in [5.41, 5.74) is 6.42. The summed E-state index contributed by atoms with van der Waals surface area (Å²) in [6.07, 6.45) is 2.54. The van der Waals surface area contributed by atoms with Crippen LogP contribution in [0.1, 0.15) is 29.3 Å². The van der Waals surface area contributed by atoms with E-state index >= 15 is 0 Å². The number of piperazine rings is 1. The molecule has 136 valence electrons. The third-order valence-corrected chi connectivity index (χ3v) is 5.55. The van der Waals surface area contributed by atoms with Gasteiger partial charge in [-0.25, -0.2) is 4.98 Å². The summed E-state index contributed by atoms with van der Waals surface area (Å²) in [5, 5.41) is 4.43.